The summed E-state index contributed by atoms with van der Waals surface area (Å²) in [6, 6.07) is -0.625. The van der Waals surface area contributed by atoms with Crippen LogP contribution in [0.3, 0.4) is 0 Å². The van der Waals surface area contributed by atoms with Crippen molar-refractivity contribution in [1.82, 2.24) is 0 Å². The van der Waals surface area contributed by atoms with Gasteiger partial charge in [-0.2, -0.15) is 0 Å². The number of esters is 2. The summed E-state index contributed by atoms with van der Waals surface area (Å²) in [4.78, 5) is 37.1. The molecule has 8 nitrogen and oxygen atoms in total. The van der Waals surface area contributed by atoms with Gasteiger partial charge in [0.15, 0.2) is 12.1 Å². The molecule has 2 unspecified atom stereocenters. The lowest BCUT2D eigenvalue weighted by Crippen LogP contribution is -2.50. The van der Waals surface area contributed by atoms with Crippen LogP contribution >= 0.6 is 0 Å². The second-order valence-electron chi connectivity index (χ2n) is 17.0. The largest absolute Gasteiger partial charge is 0.477 e. The first kappa shape index (κ1) is 57.5. The maximum Gasteiger partial charge on any atom is 0.362 e. The third kappa shape index (κ3) is 41.6. The molecule has 61 heavy (non-hydrogen) atoms. The Kier molecular flexibility index (Phi) is 40.7. The number of hydrogen-bond acceptors (Lipinski definition) is 6. The highest BCUT2D eigenvalue weighted by Crippen LogP contribution is 2.14. The first-order chi connectivity index (χ1) is 29.6. The summed E-state index contributed by atoms with van der Waals surface area (Å²) in [6.45, 7) is 4.47. The molecule has 0 saturated heterocycles. The Bertz CT molecular complexity index is 1270. The number of hydrogen-bond donors (Lipinski definition) is 1. The van der Waals surface area contributed by atoms with Gasteiger partial charge < -0.3 is 23.8 Å². The van der Waals surface area contributed by atoms with Gasteiger partial charge in [-0.1, -0.05) is 163 Å². The SMILES string of the molecule is CC/C=C/C/C=C/C/C=C/C/C=C/CCCCCC(=O)OC(COCCC(C(=O)O)[N+](C)(C)C)COC(=O)CCCCCCCCCCCCC/C=C/C/C=C/C/C=C/CC. The maximum absolute atomic E-state index is 12.7. The van der Waals surface area contributed by atoms with Crippen LogP contribution in [0.2, 0.25) is 0 Å². The van der Waals surface area contributed by atoms with Crippen LogP contribution < -0.4 is 0 Å². The van der Waals surface area contributed by atoms with E-state index < -0.39 is 18.1 Å². The van der Waals surface area contributed by atoms with Crippen LogP contribution in [0, 0.1) is 0 Å². The monoisotopic (exact) mass is 853 g/mol. The van der Waals surface area contributed by atoms with Crippen LogP contribution in [-0.2, 0) is 28.6 Å². The molecule has 0 spiro atoms. The molecule has 0 amide bonds. The number of carboxylic acid groups (broad SMARTS) is 1. The molecular formula is C53H90NO7+. The van der Waals surface area contributed by atoms with Crippen molar-refractivity contribution in [2.24, 2.45) is 0 Å². The zero-order valence-electron chi connectivity index (χ0n) is 39.6. The fourth-order valence-electron chi connectivity index (χ4n) is 6.63. The molecule has 0 fully saturated rings. The molecule has 0 heterocycles. The zero-order valence-corrected chi connectivity index (χ0v) is 39.6. The Morgan fingerprint density at radius 2 is 0.869 bits per heavy atom. The number of aliphatic carboxylic acids is 1. The van der Waals surface area contributed by atoms with Crippen molar-refractivity contribution in [2.75, 3.05) is 41.0 Å². The minimum atomic E-state index is -0.883. The molecule has 0 aromatic rings. The number of ether oxygens (including phenoxy) is 3. The lowest BCUT2D eigenvalue weighted by Gasteiger charge is -2.31. The van der Waals surface area contributed by atoms with Gasteiger partial charge in [-0.3, -0.25) is 9.59 Å². The highest BCUT2D eigenvalue weighted by Gasteiger charge is 2.31. The highest BCUT2D eigenvalue weighted by atomic mass is 16.6. The molecule has 1 N–H and O–H groups in total. The lowest BCUT2D eigenvalue weighted by atomic mass is 10.0. The second-order valence-corrected chi connectivity index (χ2v) is 17.0. The van der Waals surface area contributed by atoms with Gasteiger partial charge >= 0.3 is 17.9 Å². The van der Waals surface area contributed by atoms with Crippen LogP contribution in [-0.4, -0.2) is 80.6 Å². The molecule has 0 bridgehead atoms. The molecule has 0 aliphatic heterocycles. The summed E-state index contributed by atoms with van der Waals surface area (Å²) in [7, 11) is 5.51. The van der Waals surface area contributed by atoms with E-state index in [2.05, 4.69) is 98.9 Å². The van der Waals surface area contributed by atoms with E-state index in [-0.39, 0.29) is 42.7 Å². The topological polar surface area (TPSA) is 99.1 Å². The number of rotatable bonds is 42. The average Bonchev–Trinajstić information content (AvgIpc) is 3.22. The minimum absolute atomic E-state index is 0.0431. The number of likely N-dealkylation sites (N-methyl/N-ethyl adjacent to an activating group) is 1. The number of carbonyl (C=O) groups excluding carboxylic acids is 2. The van der Waals surface area contributed by atoms with E-state index in [0.29, 0.717) is 12.8 Å². The summed E-state index contributed by atoms with van der Waals surface area (Å²) in [5, 5.41) is 9.64. The van der Waals surface area contributed by atoms with Crippen molar-refractivity contribution in [1.29, 1.82) is 0 Å². The first-order valence-electron chi connectivity index (χ1n) is 24.1. The van der Waals surface area contributed by atoms with E-state index in [9.17, 15) is 19.5 Å². The molecule has 0 aliphatic carbocycles. The molecule has 0 saturated carbocycles. The van der Waals surface area contributed by atoms with Crippen LogP contribution in [0.4, 0.5) is 0 Å². The molecular weight excluding hydrogens is 763 g/mol. The van der Waals surface area contributed by atoms with Crippen molar-refractivity contribution in [3.8, 4) is 0 Å². The van der Waals surface area contributed by atoms with Gasteiger partial charge in [0.25, 0.3) is 0 Å². The van der Waals surface area contributed by atoms with Gasteiger partial charge in [0.1, 0.15) is 6.61 Å². The minimum Gasteiger partial charge on any atom is -0.477 e. The summed E-state index contributed by atoms with van der Waals surface area (Å²) < 4.78 is 17.3. The molecule has 8 heteroatoms. The quantitative estimate of drug-likeness (QED) is 0.0283. The fourth-order valence-corrected chi connectivity index (χ4v) is 6.63. The third-order valence-electron chi connectivity index (χ3n) is 10.3. The van der Waals surface area contributed by atoms with Crippen molar-refractivity contribution >= 4 is 17.9 Å². The summed E-state index contributed by atoms with van der Waals surface area (Å²) in [5.41, 5.74) is 0. The van der Waals surface area contributed by atoms with Gasteiger partial charge in [0.05, 0.1) is 34.4 Å². The smallest absolute Gasteiger partial charge is 0.362 e. The van der Waals surface area contributed by atoms with Crippen molar-refractivity contribution in [2.45, 2.75) is 193 Å². The molecule has 0 aromatic heterocycles. The van der Waals surface area contributed by atoms with Crippen LogP contribution in [0.1, 0.15) is 181 Å². The number of nitrogens with zero attached hydrogens (tertiary/aromatic N) is 1. The number of unbranched alkanes of at least 4 members (excludes halogenated alkanes) is 14. The Morgan fingerprint density at radius 1 is 0.492 bits per heavy atom. The van der Waals surface area contributed by atoms with Gasteiger partial charge in [0.2, 0.25) is 0 Å². The Morgan fingerprint density at radius 3 is 1.30 bits per heavy atom. The normalized spacial score (nSPS) is 13.7. The lowest BCUT2D eigenvalue weighted by molar-refractivity contribution is -0.887. The second kappa shape index (κ2) is 43.2. The van der Waals surface area contributed by atoms with E-state index in [1.807, 2.05) is 21.1 Å². The van der Waals surface area contributed by atoms with Gasteiger partial charge in [-0.25, -0.2) is 4.79 Å². The molecule has 348 valence electrons. The Balaban J connectivity index is 4.31. The Labute approximate surface area is 373 Å². The summed E-state index contributed by atoms with van der Waals surface area (Å²) in [6.07, 6.45) is 56.3. The zero-order chi connectivity index (χ0) is 44.9. The molecule has 2 atom stereocenters. The van der Waals surface area contributed by atoms with Crippen molar-refractivity contribution in [3.05, 3.63) is 85.1 Å². The van der Waals surface area contributed by atoms with Gasteiger partial charge in [-0.05, 0) is 83.5 Å². The van der Waals surface area contributed by atoms with Crippen molar-refractivity contribution in [3.63, 3.8) is 0 Å². The van der Waals surface area contributed by atoms with E-state index >= 15 is 0 Å². The third-order valence-corrected chi connectivity index (χ3v) is 10.3. The number of carboxylic acids is 1. The molecule has 0 aromatic carbocycles. The van der Waals surface area contributed by atoms with E-state index in [1.165, 1.54) is 57.8 Å². The van der Waals surface area contributed by atoms with Gasteiger partial charge in [0, 0.05) is 19.3 Å². The number of quaternary nitrogens is 1. The van der Waals surface area contributed by atoms with Crippen LogP contribution in [0.25, 0.3) is 0 Å². The van der Waals surface area contributed by atoms with Crippen LogP contribution in [0.15, 0.2) is 85.1 Å². The molecule has 0 rings (SSSR count). The highest BCUT2D eigenvalue weighted by molar-refractivity contribution is 5.72. The van der Waals surface area contributed by atoms with E-state index in [1.54, 1.807) is 0 Å². The van der Waals surface area contributed by atoms with E-state index in [4.69, 9.17) is 14.2 Å². The van der Waals surface area contributed by atoms with Crippen LogP contribution in [0.5, 0.6) is 0 Å². The predicted molar refractivity (Wildman–Crippen MR) is 256 cm³/mol. The summed E-state index contributed by atoms with van der Waals surface area (Å²) in [5.74, 6) is -1.52. The number of carbonyl (C=O) groups is 3. The first-order valence-corrected chi connectivity index (χ1v) is 24.1. The Hall–Kier alpha value is -3.49. The van der Waals surface area contributed by atoms with Crippen molar-refractivity contribution < 1.29 is 38.2 Å². The summed E-state index contributed by atoms with van der Waals surface area (Å²) >= 11 is 0. The molecule has 0 aliphatic rings. The van der Waals surface area contributed by atoms with E-state index in [0.717, 1.165) is 89.9 Å². The van der Waals surface area contributed by atoms with Gasteiger partial charge in [-0.15, -0.1) is 0 Å². The molecule has 0 radical (unpaired) electrons. The predicted octanol–water partition coefficient (Wildman–Crippen LogP) is 13.7. The number of allylic oxidation sites excluding steroid dienone is 14. The maximum atomic E-state index is 12.7. The fraction of sp³-hybridized carbons (Fsp3) is 0.679. The average molecular weight is 853 g/mol. The standard InChI is InChI=1S/C53H89NO7/c1-6-8-10-12-14-16-18-20-22-24-25-26-27-28-30-31-33-35-37-39-41-43-51(55)60-48-49(47-59-46-45-50(53(57)58)54(3,4)5)61-52(56)44-42-40-38-36-34-32-29-23-21-19-17-15-13-11-9-7-2/h8-11,14-17,20-23,32,34,49-50H,6-7,12-13,18-19,24-31,33,35-48H2,1-5H3/p+1/b10-8+,11-9+,16-14+,17-15+,22-20+,23-21+,34-32+.